The second-order valence-electron chi connectivity index (χ2n) is 7.44. The van der Waals surface area contributed by atoms with Gasteiger partial charge in [0, 0.05) is 29.6 Å². The van der Waals surface area contributed by atoms with Gasteiger partial charge in [-0.3, -0.25) is 14.9 Å². The van der Waals surface area contributed by atoms with Crippen LogP contribution in [-0.2, 0) is 5.12 Å². The molecule has 28 heavy (non-hydrogen) atoms. The minimum Gasteiger partial charge on any atom is -0.317 e. The molecule has 1 unspecified atom stereocenters. The second kappa shape index (κ2) is 8.68. The SMILES string of the molecule is Cc1cc(C)n(Cl)c(=O)c1C(Cl)(NCC1CCCC1)NC(=O)c1ccccc1. The van der Waals surface area contributed by atoms with Crippen molar-refractivity contribution >= 4 is 29.3 Å². The molecule has 150 valence electrons. The highest BCUT2D eigenvalue weighted by Crippen LogP contribution is 2.28. The van der Waals surface area contributed by atoms with E-state index in [9.17, 15) is 9.59 Å². The van der Waals surface area contributed by atoms with Crippen LogP contribution in [0, 0.1) is 19.8 Å². The molecule has 5 nitrogen and oxygen atoms in total. The van der Waals surface area contributed by atoms with Gasteiger partial charge in [-0.25, -0.2) is 4.09 Å². The number of carbonyl (C=O) groups excluding carboxylic acids is 1. The summed E-state index contributed by atoms with van der Waals surface area (Å²) in [6.45, 7) is 4.15. The van der Waals surface area contributed by atoms with Gasteiger partial charge in [-0.2, -0.15) is 0 Å². The maximum atomic E-state index is 12.9. The van der Waals surface area contributed by atoms with Crippen molar-refractivity contribution in [3.8, 4) is 0 Å². The van der Waals surface area contributed by atoms with Crippen molar-refractivity contribution in [2.45, 2.75) is 44.7 Å². The highest BCUT2D eigenvalue weighted by molar-refractivity contribution is 6.25. The van der Waals surface area contributed by atoms with Gasteiger partial charge in [0.2, 0.25) is 5.12 Å². The van der Waals surface area contributed by atoms with Crippen LogP contribution in [0.3, 0.4) is 0 Å². The largest absolute Gasteiger partial charge is 0.317 e. The molecular formula is C21H25Cl2N3O2. The molecule has 1 saturated carbocycles. The number of alkyl halides is 1. The van der Waals surface area contributed by atoms with Gasteiger partial charge in [0.05, 0.1) is 5.56 Å². The summed E-state index contributed by atoms with van der Waals surface area (Å²) in [5.74, 6) is 0.103. The lowest BCUT2D eigenvalue weighted by molar-refractivity contribution is 0.0912. The minimum atomic E-state index is -1.55. The third-order valence-electron chi connectivity index (χ3n) is 5.30. The van der Waals surface area contributed by atoms with Gasteiger partial charge in [0.1, 0.15) is 0 Å². The van der Waals surface area contributed by atoms with E-state index >= 15 is 0 Å². The van der Waals surface area contributed by atoms with Crippen LogP contribution in [0.15, 0.2) is 41.2 Å². The third kappa shape index (κ3) is 4.43. The number of benzene rings is 1. The number of aryl methyl sites for hydroxylation is 2. The van der Waals surface area contributed by atoms with E-state index in [1.165, 1.54) is 12.8 Å². The Morgan fingerprint density at radius 3 is 2.50 bits per heavy atom. The molecule has 2 aromatic rings. The van der Waals surface area contributed by atoms with E-state index in [4.69, 9.17) is 23.4 Å². The summed E-state index contributed by atoms with van der Waals surface area (Å²) in [6, 6.07) is 10.6. The van der Waals surface area contributed by atoms with Crippen LogP contribution in [-0.4, -0.2) is 16.5 Å². The molecular weight excluding hydrogens is 397 g/mol. The first-order chi connectivity index (χ1) is 13.3. The molecule has 0 aliphatic heterocycles. The summed E-state index contributed by atoms with van der Waals surface area (Å²) >= 11 is 13.1. The molecule has 3 rings (SSSR count). The van der Waals surface area contributed by atoms with E-state index in [0.717, 1.165) is 16.9 Å². The standard InChI is InChI=1S/C21H25Cl2N3O2/c1-14-12-15(2)26(23)20(28)18(14)21(22,24-13-16-8-6-7-9-16)25-19(27)17-10-4-3-5-11-17/h3-5,10-12,16,24H,6-9,13H2,1-2H3,(H,25,27). The monoisotopic (exact) mass is 421 g/mol. The molecule has 0 bridgehead atoms. The van der Waals surface area contributed by atoms with E-state index in [1.807, 2.05) is 6.07 Å². The van der Waals surface area contributed by atoms with Gasteiger partial charge in [0.15, 0.2) is 0 Å². The fraction of sp³-hybridized carbons (Fsp3) is 0.429. The quantitative estimate of drug-likeness (QED) is 0.420. The summed E-state index contributed by atoms with van der Waals surface area (Å²) in [4.78, 5) is 25.8. The Morgan fingerprint density at radius 1 is 1.21 bits per heavy atom. The Balaban J connectivity index is 1.98. The van der Waals surface area contributed by atoms with Crippen molar-refractivity contribution in [3.05, 3.63) is 69.1 Å². The maximum absolute atomic E-state index is 12.9. The molecule has 1 aliphatic rings. The van der Waals surface area contributed by atoms with Gasteiger partial charge >= 0.3 is 0 Å². The predicted octanol–water partition coefficient (Wildman–Crippen LogP) is 4.03. The normalized spacial score (nSPS) is 16.7. The van der Waals surface area contributed by atoms with Gasteiger partial charge in [-0.1, -0.05) is 42.6 Å². The van der Waals surface area contributed by atoms with Gasteiger partial charge < -0.3 is 5.32 Å². The van der Waals surface area contributed by atoms with Gasteiger partial charge in [-0.15, -0.1) is 0 Å². The smallest absolute Gasteiger partial charge is 0.273 e. The van der Waals surface area contributed by atoms with Crippen LogP contribution >= 0.6 is 23.4 Å². The molecule has 1 fully saturated rings. The summed E-state index contributed by atoms with van der Waals surface area (Å²) in [5.41, 5.74) is 1.53. The van der Waals surface area contributed by atoms with Crippen LogP contribution in [0.5, 0.6) is 0 Å². The van der Waals surface area contributed by atoms with Gasteiger partial charge in [0.25, 0.3) is 11.5 Å². The maximum Gasteiger partial charge on any atom is 0.273 e. The lowest BCUT2D eigenvalue weighted by Crippen LogP contribution is -2.56. The van der Waals surface area contributed by atoms with Crippen LogP contribution in [0.1, 0.15) is 52.9 Å². The Hall–Kier alpha value is -1.82. The highest BCUT2D eigenvalue weighted by Gasteiger charge is 2.37. The van der Waals surface area contributed by atoms with E-state index in [1.54, 1.807) is 44.2 Å². The summed E-state index contributed by atoms with van der Waals surface area (Å²) in [5, 5.41) is 4.51. The second-order valence-corrected chi connectivity index (χ2v) is 8.34. The molecule has 1 aromatic heterocycles. The minimum absolute atomic E-state index is 0.233. The number of pyridine rings is 1. The lowest BCUT2D eigenvalue weighted by atomic mass is 10.0. The number of halogens is 2. The highest BCUT2D eigenvalue weighted by atomic mass is 35.5. The molecule has 0 saturated heterocycles. The molecule has 1 heterocycles. The van der Waals surface area contributed by atoms with E-state index in [-0.39, 0.29) is 11.5 Å². The van der Waals surface area contributed by atoms with Crippen molar-refractivity contribution in [1.82, 2.24) is 14.7 Å². The number of nitrogens with one attached hydrogen (secondary N) is 2. The Kier molecular flexibility index (Phi) is 6.48. The number of hydrogen-bond donors (Lipinski definition) is 2. The first-order valence-electron chi connectivity index (χ1n) is 9.53. The Morgan fingerprint density at radius 2 is 1.86 bits per heavy atom. The molecule has 7 heteroatoms. The lowest BCUT2D eigenvalue weighted by Gasteiger charge is -2.32. The number of carbonyl (C=O) groups is 1. The average Bonchev–Trinajstić information content (AvgIpc) is 3.19. The number of amides is 1. The van der Waals surface area contributed by atoms with Gasteiger partial charge in [-0.05, 0) is 56.4 Å². The molecule has 1 amide bonds. The van der Waals surface area contributed by atoms with Crippen LogP contribution < -0.4 is 16.2 Å². The van der Waals surface area contributed by atoms with Crippen molar-refractivity contribution < 1.29 is 4.79 Å². The van der Waals surface area contributed by atoms with E-state index in [0.29, 0.717) is 29.3 Å². The van der Waals surface area contributed by atoms with Crippen molar-refractivity contribution in [1.29, 1.82) is 0 Å². The molecule has 1 aliphatic carbocycles. The molecule has 0 spiro atoms. The average molecular weight is 422 g/mol. The number of rotatable bonds is 6. The number of nitrogens with zero attached hydrogens (tertiary/aromatic N) is 1. The molecule has 1 aromatic carbocycles. The number of hydrogen-bond acceptors (Lipinski definition) is 3. The van der Waals surface area contributed by atoms with Crippen molar-refractivity contribution in [3.63, 3.8) is 0 Å². The summed E-state index contributed by atoms with van der Waals surface area (Å²) in [6.07, 6.45) is 4.60. The first kappa shape index (κ1) is 20.9. The fourth-order valence-electron chi connectivity index (χ4n) is 3.80. The van der Waals surface area contributed by atoms with E-state index in [2.05, 4.69) is 10.6 Å². The molecule has 2 N–H and O–H groups in total. The van der Waals surface area contributed by atoms with Crippen LogP contribution in [0.4, 0.5) is 0 Å². The zero-order valence-corrected chi connectivity index (χ0v) is 17.6. The van der Waals surface area contributed by atoms with E-state index < -0.39 is 10.7 Å². The van der Waals surface area contributed by atoms with Crippen molar-refractivity contribution in [2.24, 2.45) is 5.92 Å². The summed E-state index contributed by atoms with van der Waals surface area (Å²) in [7, 11) is 0. The third-order valence-corrected chi connectivity index (χ3v) is 6.13. The topological polar surface area (TPSA) is 63.1 Å². The Bertz CT molecular complexity index is 908. The zero-order chi connectivity index (χ0) is 20.3. The number of aromatic nitrogens is 1. The first-order valence-corrected chi connectivity index (χ1v) is 10.2. The van der Waals surface area contributed by atoms with Crippen LogP contribution in [0.25, 0.3) is 0 Å². The fourth-order valence-corrected chi connectivity index (χ4v) is 4.33. The zero-order valence-electron chi connectivity index (χ0n) is 16.1. The summed E-state index contributed by atoms with van der Waals surface area (Å²) < 4.78 is 1.03. The van der Waals surface area contributed by atoms with Crippen LogP contribution in [0.2, 0.25) is 0 Å². The van der Waals surface area contributed by atoms with Crippen molar-refractivity contribution in [2.75, 3.05) is 6.54 Å². The Labute approximate surface area is 175 Å². The molecule has 0 radical (unpaired) electrons. The molecule has 1 atom stereocenters. The predicted molar refractivity (Wildman–Crippen MR) is 113 cm³/mol.